The van der Waals surface area contributed by atoms with Crippen LogP contribution >= 0.6 is 0 Å². The number of carbonyl (C=O) groups excluding carboxylic acids is 2. The van der Waals surface area contributed by atoms with Crippen LogP contribution in [0.25, 0.3) is 10.9 Å². The maximum absolute atomic E-state index is 14.2. The normalized spacial score (nSPS) is 29.9. The summed E-state index contributed by atoms with van der Waals surface area (Å²) in [6.45, 7) is 3.98. The van der Waals surface area contributed by atoms with E-state index in [1.54, 1.807) is 19.1 Å². The van der Waals surface area contributed by atoms with E-state index in [0.29, 0.717) is 11.1 Å². The van der Waals surface area contributed by atoms with Gasteiger partial charge in [0.2, 0.25) is 5.91 Å². The molecule has 35 heavy (non-hydrogen) atoms. The summed E-state index contributed by atoms with van der Waals surface area (Å²) in [6.07, 6.45) is 5.69. The summed E-state index contributed by atoms with van der Waals surface area (Å²) in [7, 11) is 0. The van der Waals surface area contributed by atoms with E-state index in [0.717, 1.165) is 44.0 Å². The van der Waals surface area contributed by atoms with Crippen LogP contribution in [0.2, 0.25) is 0 Å². The van der Waals surface area contributed by atoms with E-state index in [4.69, 9.17) is 0 Å². The molecule has 182 valence electrons. The summed E-state index contributed by atoms with van der Waals surface area (Å²) in [6, 6.07) is 16.7. The van der Waals surface area contributed by atoms with Gasteiger partial charge in [-0.2, -0.15) is 0 Å². The molecule has 1 aliphatic carbocycles. The first-order valence-electron chi connectivity index (χ1n) is 12.8. The molecule has 6 rings (SSSR count). The lowest BCUT2D eigenvalue weighted by Gasteiger charge is -2.50. The van der Waals surface area contributed by atoms with Gasteiger partial charge in [-0.25, -0.2) is 4.39 Å². The average Bonchev–Trinajstić information content (AvgIpc) is 3.31. The Bertz CT molecular complexity index is 1290. The first-order chi connectivity index (χ1) is 16.9. The molecule has 0 radical (unpaired) electrons. The monoisotopic (exact) mass is 473 g/mol. The molecule has 5 atom stereocenters. The number of fused-ring (bicyclic) bond motifs is 2. The highest BCUT2D eigenvalue weighted by Crippen LogP contribution is 2.56. The minimum Gasteiger partial charge on any atom is -0.351 e. The summed E-state index contributed by atoms with van der Waals surface area (Å²) >= 11 is 0. The topological polar surface area (TPSA) is 56.4 Å². The average molecular weight is 474 g/mol. The molecule has 2 amide bonds. The molecule has 1 N–H and O–H groups in total. The second-order valence-electron chi connectivity index (χ2n) is 10.9. The first-order valence-corrected chi connectivity index (χ1v) is 12.8. The van der Waals surface area contributed by atoms with Gasteiger partial charge in [-0.3, -0.25) is 9.59 Å². The molecule has 2 bridgehead atoms. The Morgan fingerprint density at radius 1 is 1.03 bits per heavy atom. The van der Waals surface area contributed by atoms with Crippen LogP contribution < -0.4 is 0 Å². The molecule has 0 spiro atoms. The maximum Gasteiger partial charge on any atom is 0.270 e. The summed E-state index contributed by atoms with van der Waals surface area (Å²) in [5.74, 6) is -0.251. The molecule has 3 aromatic rings. The predicted octanol–water partition coefficient (Wildman–Crippen LogP) is 5.31. The fraction of sp³-hybridized carbons (Fsp3) is 0.448. The Balaban J connectivity index is 1.45. The molecule has 6 heteroatoms. The number of aromatic amines is 1. The molecule has 3 fully saturated rings. The third-order valence-corrected chi connectivity index (χ3v) is 8.91. The van der Waals surface area contributed by atoms with Gasteiger partial charge in [-0.1, -0.05) is 50.1 Å². The number of piperidine rings is 1. The second kappa shape index (κ2) is 8.21. The Hall–Kier alpha value is -3.15. The number of benzene rings is 2. The molecule has 3 heterocycles. The molecule has 1 aromatic heterocycles. The van der Waals surface area contributed by atoms with Crippen molar-refractivity contribution in [3.8, 4) is 0 Å². The number of hydrogen-bond acceptors (Lipinski definition) is 2. The van der Waals surface area contributed by atoms with Crippen molar-refractivity contribution in [1.82, 2.24) is 14.8 Å². The van der Waals surface area contributed by atoms with Gasteiger partial charge in [-0.15, -0.1) is 0 Å². The lowest BCUT2D eigenvalue weighted by molar-refractivity contribution is -0.141. The van der Waals surface area contributed by atoms with Crippen LogP contribution in [0, 0.1) is 11.2 Å². The Kier molecular flexibility index (Phi) is 5.24. The lowest BCUT2D eigenvalue weighted by Crippen LogP contribution is -2.61. The molecule has 2 aliphatic heterocycles. The smallest absolute Gasteiger partial charge is 0.270 e. The second-order valence-corrected chi connectivity index (χ2v) is 10.9. The number of hydrogen-bond donors (Lipinski definition) is 1. The fourth-order valence-electron chi connectivity index (χ4n) is 7.45. The van der Waals surface area contributed by atoms with Gasteiger partial charge >= 0.3 is 0 Å². The van der Waals surface area contributed by atoms with E-state index in [-0.39, 0.29) is 47.2 Å². The Labute approximate surface area is 205 Å². The van der Waals surface area contributed by atoms with Crippen LogP contribution in [-0.4, -0.2) is 50.8 Å². The largest absolute Gasteiger partial charge is 0.351 e. The van der Waals surface area contributed by atoms with Crippen molar-refractivity contribution in [3.63, 3.8) is 0 Å². The summed E-state index contributed by atoms with van der Waals surface area (Å²) < 4.78 is 13.8. The molecule has 2 saturated heterocycles. The van der Waals surface area contributed by atoms with Crippen molar-refractivity contribution in [2.45, 2.75) is 76.5 Å². The number of likely N-dealkylation sites (tertiary alicyclic amines) is 2. The zero-order chi connectivity index (χ0) is 24.3. The predicted molar refractivity (Wildman–Crippen MR) is 133 cm³/mol. The highest BCUT2D eigenvalue weighted by atomic mass is 19.1. The van der Waals surface area contributed by atoms with Crippen molar-refractivity contribution >= 4 is 22.7 Å². The number of halogens is 1. The van der Waals surface area contributed by atoms with E-state index in [2.05, 4.69) is 33.8 Å². The van der Waals surface area contributed by atoms with Crippen molar-refractivity contribution < 1.29 is 14.0 Å². The van der Waals surface area contributed by atoms with Gasteiger partial charge in [0.15, 0.2) is 0 Å². The number of nitrogens with one attached hydrogen (secondary N) is 1. The van der Waals surface area contributed by atoms with Crippen LogP contribution in [0.15, 0.2) is 54.6 Å². The van der Waals surface area contributed by atoms with Gasteiger partial charge in [0, 0.05) is 35.3 Å². The van der Waals surface area contributed by atoms with E-state index in [9.17, 15) is 14.0 Å². The third kappa shape index (κ3) is 3.48. The molecule has 5 nitrogen and oxygen atoms in total. The Morgan fingerprint density at radius 3 is 2.46 bits per heavy atom. The minimum absolute atomic E-state index is 0.0375. The van der Waals surface area contributed by atoms with Crippen molar-refractivity contribution in [3.05, 3.63) is 71.7 Å². The standard InChI is InChI=1S/C29H32FN3O2/c1-18(34)32-24(14-19-8-4-3-5-9-19)25-17-29(2)26(32)10-6-7-11-27(29)33(25)28(35)23-16-20-15-21(30)12-13-22(20)31-23/h3-5,8-9,12-13,15-16,24-27,31H,6-7,10-11,14,17H2,1-2H3/t24-,25-,26+,27-,29+/m0/s1. The van der Waals surface area contributed by atoms with Crippen molar-refractivity contribution in [2.24, 2.45) is 5.41 Å². The summed E-state index contributed by atoms with van der Waals surface area (Å²) in [5, 5.41) is 0.701. The van der Waals surface area contributed by atoms with Crippen molar-refractivity contribution in [1.29, 1.82) is 0 Å². The molecule has 0 unspecified atom stereocenters. The van der Waals surface area contributed by atoms with E-state index >= 15 is 0 Å². The Morgan fingerprint density at radius 2 is 1.74 bits per heavy atom. The van der Waals surface area contributed by atoms with Gasteiger partial charge < -0.3 is 14.8 Å². The van der Waals surface area contributed by atoms with Crippen LogP contribution in [0.5, 0.6) is 0 Å². The number of aromatic nitrogens is 1. The van der Waals surface area contributed by atoms with Gasteiger partial charge in [0.05, 0.1) is 12.1 Å². The third-order valence-electron chi connectivity index (χ3n) is 8.91. The first kappa shape index (κ1) is 22.3. The number of H-pyrrole nitrogens is 1. The number of rotatable bonds is 3. The number of carbonyl (C=O) groups is 2. The van der Waals surface area contributed by atoms with Crippen LogP contribution in [-0.2, 0) is 11.2 Å². The maximum atomic E-state index is 14.2. The highest BCUT2D eigenvalue weighted by Gasteiger charge is 2.63. The van der Waals surface area contributed by atoms with Gasteiger partial charge in [0.1, 0.15) is 11.5 Å². The molecular weight excluding hydrogens is 441 g/mol. The quantitative estimate of drug-likeness (QED) is 0.560. The molecule has 1 saturated carbocycles. The van der Waals surface area contributed by atoms with Gasteiger partial charge in [-0.05, 0) is 55.5 Å². The number of nitrogens with zero attached hydrogens (tertiary/aromatic N) is 2. The fourth-order valence-corrected chi connectivity index (χ4v) is 7.45. The lowest BCUT2D eigenvalue weighted by atomic mass is 9.69. The van der Waals surface area contributed by atoms with E-state index in [1.807, 2.05) is 18.2 Å². The minimum atomic E-state index is -0.313. The van der Waals surface area contributed by atoms with Crippen LogP contribution in [0.1, 0.15) is 62.0 Å². The highest BCUT2D eigenvalue weighted by molar-refractivity contribution is 5.98. The molecular formula is C29H32FN3O2. The SMILES string of the molecule is CC(=O)N1[C@@H](Cc2ccccc2)[C@@H]2C[C@@]3(C)[C@H](CCCC[C@@H]13)N2C(=O)c1cc2cc(F)ccc2[nH]1. The van der Waals surface area contributed by atoms with Crippen LogP contribution in [0.3, 0.4) is 0 Å². The van der Waals surface area contributed by atoms with E-state index in [1.165, 1.54) is 17.7 Å². The molecule has 3 aliphatic rings. The van der Waals surface area contributed by atoms with E-state index < -0.39 is 0 Å². The van der Waals surface area contributed by atoms with Crippen molar-refractivity contribution in [2.75, 3.05) is 0 Å². The molecule has 2 aromatic carbocycles. The van der Waals surface area contributed by atoms with Gasteiger partial charge in [0.25, 0.3) is 5.91 Å². The summed E-state index contributed by atoms with van der Waals surface area (Å²) in [5.41, 5.74) is 2.30. The summed E-state index contributed by atoms with van der Waals surface area (Å²) in [4.78, 5) is 34.8. The van der Waals surface area contributed by atoms with Crippen LogP contribution in [0.4, 0.5) is 4.39 Å². The zero-order valence-electron chi connectivity index (χ0n) is 20.3. The zero-order valence-corrected chi connectivity index (χ0v) is 20.3. The number of amides is 2.